The minimum atomic E-state index is -1.89. The first kappa shape index (κ1) is 74.1. The van der Waals surface area contributed by atoms with Crippen LogP contribution in [0.4, 0.5) is 4.79 Å². The van der Waals surface area contributed by atoms with Crippen molar-refractivity contribution < 1.29 is 78.0 Å². The molecule has 32 heteroatoms. The van der Waals surface area contributed by atoms with Gasteiger partial charge < -0.3 is 90.0 Å². The summed E-state index contributed by atoms with van der Waals surface area (Å²) >= 11 is 0. The van der Waals surface area contributed by atoms with Crippen molar-refractivity contribution in [3.05, 3.63) is 102 Å². The Morgan fingerprint density at radius 3 is 1.86 bits per heavy atom. The highest BCUT2D eigenvalue weighted by Gasteiger charge is 2.43. The number of hydrogen-bond acceptors (Lipinski definition) is 16. The minimum Gasteiger partial charge on any atom is -0.508 e. The fourth-order valence-corrected chi connectivity index (χ4v) is 9.74. The third-order valence-corrected chi connectivity index (χ3v) is 14.2. The van der Waals surface area contributed by atoms with E-state index >= 15 is 0 Å². The van der Waals surface area contributed by atoms with Crippen LogP contribution in [0.15, 0.2) is 90.1 Å². The number of para-hydroxylation sites is 1. The number of nitrogens with two attached hydrogens (primary N) is 3. The number of urea groups is 1. The number of rotatable bonds is 30. The highest BCUT2D eigenvalue weighted by molar-refractivity contribution is 5.99. The molecule has 1 saturated heterocycles. The number of carboxylic acid groups (broad SMARTS) is 1. The molecule has 8 unspecified atom stereocenters. The Labute approximate surface area is 529 Å². The summed E-state index contributed by atoms with van der Waals surface area (Å²) in [4.78, 5) is 166. The topological polar surface area (TPSA) is 516 Å². The average molecular weight is 1290 g/mol. The Kier molecular flexibility index (Phi) is 29.3. The van der Waals surface area contributed by atoms with Gasteiger partial charge in [0.2, 0.25) is 53.2 Å². The second-order valence-electron chi connectivity index (χ2n) is 22.3. The number of H-pyrrole nitrogens is 1. The zero-order chi connectivity index (χ0) is 68.4. The molecule has 2 heterocycles. The van der Waals surface area contributed by atoms with Gasteiger partial charge in [-0.15, -0.1) is 0 Å². The lowest BCUT2D eigenvalue weighted by molar-refractivity contribution is -0.142. The van der Waals surface area contributed by atoms with Crippen molar-refractivity contribution >= 4 is 87.9 Å². The summed E-state index contributed by atoms with van der Waals surface area (Å²) in [6.07, 6.45) is -2.45. The van der Waals surface area contributed by atoms with Gasteiger partial charge in [-0.2, -0.15) is 0 Å². The number of guanidine groups is 1. The first-order valence-electron chi connectivity index (χ1n) is 29.4. The van der Waals surface area contributed by atoms with E-state index in [0.717, 1.165) is 29.7 Å². The molecule has 0 bridgehead atoms. The van der Waals surface area contributed by atoms with Crippen LogP contribution in [0.1, 0.15) is 83.4 Å². The first-order chi connectivity index (χ1) is 43.5. The molecule has 0 spiro atoms. The van der Waals surface area contributed by atoms with Crippen LogP contribution >= 0.6 is 0 Å². The number of primary amides is 2. The summed E-state index contributed by atoms with van der Waals surface area (Å²) in [5.41, 5.74) is 23.9. The number of aromatic hydroxyl groups is 1. The molecule has 3 aromatic carbocycles. The van der Waals surface area contributed by atoms with Crippen LogP contribution in [0.2, 0.25) is 0 Å². The number of amides is 12. The number of benzene rings is 3. The number of aromatic amines is 1. The standard InChI is InChI=1S/C58H80N16O14.C2H4O2/c1-30(2)22-42(51(82)66-40(16-11-21-63-57(61)62-5)50(81)67-41(49(60)80)25-35-28-64-39-15-10-9-14-38(35)39)70-58(88)73-72-53(84)43(23-33-12-7-6-8-13-33)69-55(86)48(31(3)75)71-52(83)44(27-47(59)79)68-54(85)46-26-37(78)29-74(46)56(87)45(65-32(4)76)24-34-17-19-36(77)20-18-34;1-2(3)4/h6-10,12-15,17-20,28,30-31,37,40-46,48,64,75,77-78H,11,16,21-27,29H2,1-5H3,(H2,59,79)(H2,60,80)(H,65,76)(H,66,82)(H,67,81)(H,68,85)(H,69,86)(H,71,83)(H,72,84)(H3,61,62,63)(H2,70,73,88);1H3,(H,3,4)/t31?,37-,40?,41?,42?,43?,44?,45?,46+,48?;/m1./s1. The monoisotopic (exact) mass is 1280 g/mol. The molecule has 1 aromatic heterocycles. The third-order valence-electron chi connectivity index (χ3n) is 14.2. The second kappa shape index (κ2) is 36.3. The quantitative estimate of drug-likeness (QED) is 0.0105. The number of carbonyl (C=O) groups excluding carboxylic acids is 11. The predicted molar refractivity (Wildman–Crippen MR) is 333 cm³/mol. The lowest BCUT2D eigenvalue weighted by Crippen LogP contribution is -2.62. The number of carbonyl (C=O) groups is 12. The van der Waals surface area contributed by atoms with E-state index in [1.54, 1.807) is 50.4 Å². The highest BCUT2D eigenvalue weighted by Crippen LogP contribution is 2.23. The number of aliphatic carboxylic acids is 1. The zero-order valence-electron chi connectivity index (χ0n) is 51.8. The molecular weight excluding hydrogens is 1200 g/mol. The zero-order valence-corrected chi connectivity index (χ0v) is 51.8. The Balaban J connectivity index is 0.00000438. The van der Waals surface area contributed by atoms with Crippen LogP contribution in [0.5, 0.6) is 5.75 Å². The largest absolute Gasteiger partial charge is 0.508 e. The molecule has 0 aliphatic carbocycles. The summed E-state index contributed by atoms with van der Waals surface area (Å²) in [6, 6.07) is 8.44. The summed E-state index contributed by atoms with van der Waals surface area (Å²) in [5, 5.41) is 59.9. The molecule has 12 amide bonds. The van der Waals surface area contributed by atoms with Gasteiger partial charge in [-0.05, 0) is 67.0 Å². The van der Waals surface area contributed by atoms with Gasteiger partial charge in [0.1, 0.15) is 54.1 Å². The number of fused-ring (bicyclic) bond motifs is 1. The lowest BCUT2D eigenvalue weighted by Gasteiger charge is -2.30. The smallest absolute Gasteiger partial charge is 0.334 e. The number of β-amino-alcohol motifs (C(OH)–C–C–N with tert-alkyl or cyclic N) is 1. The molecular formula is C60H84N16O16. The fraction of sp³-hybridized carbons (Fsp3) is 0.450. The minimum absolute atomic E-state index is 0.0122. The molecule has 92 heavy (non-hydrogen) atoms. The van der Waals surface area contributed by atoms with Crippen molar-refractivity contribution in [2.24, 2.45) is 28.1 Å². The first-order valence-corrected chi connectivity index (χ1v) is 29.4. The van der Waals surface area contributed by atoms with Crippen LogP contribution in [0.25, 0.3) is 10.9 Å². The summed E-state index contributed by atoms with van der Waals surface area (Å²) < 4.78 is 0. The maximum absolute atomic E-state index is 14.1. The van der Waals surface area contributed by atoms with Crippen molar-refractivity contribution in [3.63, 3.8) is 0 Å². The number of carboxylic acids is 1. The Morgan fingerprint density at radius 2 is 1.25 bits per heavy atom. The van der Waals surface area contributed by atoms with Gasteiger partial charge in [0.15, 0.2) is 5.96 Å². The van der Waals surface area contributed by atoms with E-state index < -0.39 is 138 Å². The Hall–Kier alpha value is -10.4. The fourth-order valence-electron chi connectivity index (χ4n) is 9.74. The third kappa shape index (κ3) is 24.5. The van der Waals surface area contributed by atoms with Gasteiger partial charge in [0.25, 0.3) is 11.9 Å². The van der Waals surface area contributed by atoms with E-state index in [1.807, 2.05) is 24.3 Å². The molecule has 21 N–H and O–H groups in total. The number of aliphatic hydroxyl groups excluding tert-OH is 2. The van der Waals surface area contributed by atoms with Gasteiger partial charge in [-0.3, -0.25) is 63.2 Å². The SMILES string of the molecule is CC(=O)O.CN=C(N)NCCCC(NC(=O)C(CC(C)C)NC(=O)NNC(=O)C(Cc1ccccc1)NC(=O)C(NC(=O)C(CC(N)=O)NC(=O)[C@@H]1C[C@@H](O)CN1C(=O)C(Cc1ccc(O)cc1)NC(C)=O)C(C)O)C(=O)NC(Cc1c[nH]c2ccccc12)C(N)=O. The van der Waals surface area contributed by atoms with Gasteiger partial charge in [-0.1, -0.05) is 74.5 Å². The number of likely N-dealkylation sites (tertiary alicyclic amines) is 1. The predicted octanol–water partition coefficient (Wildman–Crippen LogP) is -3.32. The number of nitrogens with zero attached hydrogens (tertiary/aromatic N) is 2. The van der Waals surface area contributed by atoms with E-state index in [4.69, 9.17) is 27.1 Å². The Morgan fingerprint density at radius 1 is 0.663 bits per heavy atom. The van der Waals surface area contributed by atoms with Gasteiger partial charge >= 0.3 is 6.03 Å². The van der Waals surface area contributed by atoms with Crippen molar-refractivity contribution in [3.8, 4) is 5.75 Å². The number of phenolic OH excluding ortho intramolecular Hbond substituents is 1. The second-order valence-corrected chi connectivity index (χ2v) is 22.3. The van der Waals surface area contributed by atoms with E-state index in [-0.39, 0.29) is 75.7 Å². The number of hydrogen-bond donors (Lipinski definition) is 18. The molecule has 0 saturated carbocycles. The summed E-state index contributed by atoms with van der Waals surface area (Å²) in [5.74, 6) is -10.3. The molecule has 1 aliphatic heterocycles. The van der Waals surface area contributed by atoms with Crippen molar-refractivity contribution in [2.75, 3.05) is 20.1 Å². The molecule has 500 valence electrons. The molecule has 1 aliphatic rings. The van der Waals surface area contributed by atoms with Crippen LogP contribution in [-0.4, -0.2) is 188 Å². The number of hydrazine groups is 1. The molecule has 10 atom stereocenters. The molecule has 32 nitrogen and oxygen atoms in total. The molecule has 1 fully saturated rings. The highest BCUT2D eigenvalue weighted by atomic mass is 16.4. The molecule has 4 aromatic rings. The van der Waals surface area contributed by atoms with E-state index in [2.05, 4.69) is 63.4 Å². The van der Waals surface area contributed by atoms with E-state index in [0.29, 0.717) is 16.7 Å². The van der Waals surface area contributed by atoms with Crippen molar-refractivity contribution in [1.82, 2.24) is 63.3 Å². The van der Waals surface area contributed by atoms with Crippen molar-refractivity contribution in [1.29, 1.82) is 0 Å². The maximum Gasteiger partial charge on any atom is 0.334 e. The molecule has 5 rings (SSSR count). The molecule has 0 radical (unpaired) electrons. The number of phenols is 1. The van der Waals surface area contributed by atoms with E-state index in [9.17, 15) is 68.1 Å². The maximum atomic E-state index is 14.1. The number of aliphatic imine (C=N–C) groups is 1. The normalized spacial score (nSPS) is 16.2. The lowest BCUT2D eigenvalue weighted by atomic mass is 10.0. The number of aliphatic hydroxyl groups is 2. The van der Waals surface area contributed by atoms with E-state index in [1.165, 1.54) is 38.2 Å². The summed E-state index contributed by atoms with van der Waals surface area (Å²) in [6.45, 7) is 6.78. The van der Waals surface area contributed by atoms with Gasteiger partial charge in [0, 0.05) is 76.8 Å². The number of aromatic nitrogens is 1. The number of nitrogens with one attached hydrogen (secondary N) is 11. The van der Waals surface area contributed by atoms with Crippen molar-refractivity contribution in [2.45, 2.75) is 147 Å². The average Bonchev–Trinajstić information content (AvgIpc) is 2.76. The van der Waals surface area contributed by atoms with Crippen LogP contribution in [0.3, 0.4) is 0 Å². The van der Waals surface area contributed by atoms with Crippen LogP contribution in [-0.2, 0) is 72.0 Å². The van der Waals surface area contributed by atoms with Gasteiger partial charge in [-0.25, -0.2) is 10.2 Å². The van der Waals surface area contributed by atoms with Gasteiger partial charge in [0.05, 0.1) is 18.6 Å². The van der Waals surface area contributed by atoms with Crippen LogP contribution in [0, 0.1) is 5.92 Å². The van der Waals surface area contributed by atoms with Crippen LogP contribution < -0.4 is 70.6 Å². The Bertz CT molecular complexity index is 3250. The summed E-state index contributed by atoms with van der Waals surface area (Å²) in [7, 11) is 1.48.